The van der Waals surface area contributed by atoms with Crippen molar-refractivity contribution >= 4 is 23.4 Å². The first-order valence-corrected chi connectivity index (χ1v) is 6.61. The summed E-state index contributed by atoms with van der Waals surface area (Å²) in [6.45, 7) is 6.49. The number of hydrogen-bond acceptors (Lipinski definition) is 3. The van der Waals surface area contributed by atoms with E-state index < -0.39 is 0 Å². The molecular formula is C11H17ClN2S. The molecule has 0 amide bonds. The van der Waals surface area contributed by atoms with E-state index in [4.69, 9.17) is 11.6 Å². The van der Waals surface area contributed by atoms with Crippen molar-refractivity contribution in [2.24, 2.45) is 0 Å². The molecule has 84 valence electrons. The van der Waals surface area contributed by atoms with Crippen LogP contribution in [0, 0.1) is 0 Å². The zero-order valence-corrected chi connectivity index (χ0v) is 11.0. The fourth-order valence-corrected chi connectivity index (χ4v) is 2.31. The predicted molar refractivity (Wildman–Crippen MR) is 66.6 cm³/mol. The summed E-state index contributed by atoms with van der Waals surface area (Å²) in [4.78, 5) is 8.68. The van der Waals surface area contributed by atoms with Gasteiger partial charge in [0.1, 0.15) is 16.0 Å². The molecular weight excluding hydrogens is 228 g/mol. The Labute approximate surface area is 101 Å². The number of hydrogen-bond donors (Lipinski definition) is 0. The van der Waals surface area contributed by atoms with Crippen LogP contribution in [0.5, 0.6) is 0 Å². The van der Waals surface area contributed by atoms with E-state index in [1.165, 1.54) is 0 Å². The van der Waals surface area contributed by atoms with Gasteiger partial charge in [0.05, 0.1) is 0 Å². The van der Waals surface area contributed by atoms with Crippen molar-refractivity contribution in [1.29, 1.82) is 0 Å². The van der Waals surface area contributed by atoms with Gasteiger partial charge in [-0.15, -0.1) is 11.8 Å². The number of nitrogens with zero attached hydrogens (tertiary/aromatic N) is 2. The maximum atomic E-state index is 5.95. The summed E-state index contributed by atoms with van der Waals surface area (Å²) >= 11 is 7.71. The van der Waals surface area contributed by atoms with E-state index in [1.807, 2.05) is 6.07 Å². The Morgan fingerprint density at radius 2 is 2.13 bits per heavy atom. The summed E-state index contributed by atoms with van der Waals surface area (Å²) in [6.07, 6.45) is 3.08. The van der Waals surface area contributed by atoms with E-state index in [9.17, 15) is 0 Å². The molecule has 0 aromatic carbocycles. The second-order valence-corrected chi connectivity index (χ2v) is 5.38. The van der Waals surface area contributed by atoms with Crippen LogP contribution in [-0.2, 0) is 6.42 Å². The number of rotatable bonds is 5. The van der Waals surface area contributed by atoms with Crippen LogP contribution < -0.4 is 0 Å². The lowest BCUT2D eigenvalue weighted by atomic mass is 10.3. The maximum Gasteiger partial charge on any atom is 0.133 e. The Morgan fingerprint density at radius 3 is 2.73 bits per heavy atom. The zero-order valence-electron chi connectivity index (χ0n) is 9.46. The molecule has 0 fully saturated rings. The van der Waals surface area contributed by atoms with Gasteiger partial charge in [-0.1, -0.05) is 32.4 Å². The average molecular weight is 245 g/mol. The summed E-state index contributed by atoms with van der Waals surface area (Å²) in [5.41, 5.74) is 0. The highest BCUT2D eigenvalue weighted by molar-refractivity contribution is 7.99. The molecule has 2 nitrogen and oxygen atoms in total. The van der Waals surface area contributed by atoms with Crippen LogP contribution in [0.2, 0.25) is 5.15 Å². The van der Waals surface area contributed by atoms with Crippen molar-refractivity contribution in [3.63, 3.8) is 0 Å². The molecule has 1 atom stereocenters. The van der Waals surface area contributed by atoms with Crippen LogP contribution in [0.3, 0.4) is 0 Å². The van der Waals surface area contributed by atoms with Crippen LogP contribution in [0.15, 0.2) is 11.1 Å². The van der Waals surface area contributed by atoms with Gasteiger partial charge in [0.2, 0.25) is 0 Å². The van der Waals surface area contributed by atoms with Gasteiger partial charge < -0.3 is 0 Å². The van der Waals surface area contributed by atoms with Gasteiger partial charge in [-0.25, -0.2) is 9.97 Å². The lowest BCUT2D eigenvalue weighted by molar-refractivity contribution is 0.806. The van der Waals surface area contributed by atoms with Crippen LogP contribution in [0.4, 0.5) is 0 Å². The highest BCUT2D eigenvalue weighted by Crippen LogP contribution is 2.25. The monoisotopic (exact) mass is 244 g/mol. The van der Waals surface area contributed by atoms with E-state index >= 15 is 0 Å². The van der Waals surface area contributed by atoms with Crippen molar-refractivity contribution in [2.75, 3.05) is 0 Å². The van der Waals surface area contributed by atoms with Gasteiger partial charge in [-0.2, -0.15) is 0 Å². The molecule has 1 rings (SSSR count). The molecule has 0 saturated heterocycles. The van der Waals surface area contributed by atoms with Crippen molar-refractivity contribution in [1.82, 2.24) is 9.97 Å². The molecule has 1 aromatic rings. The maximum absolute atomic E-state index is 5.95. The number of aryl methyl sites for hydroxylation is 1. The third-order valence-electron chi connectivity index (χ3n) is 2.09. The molecule has 0 saturated carbocycles. The van der Waals surface area contributed by atoms with Gasteiger partial charge in [0.25, 0.3) is 0 Å². The lowest BCUT2D eigenvalue weighted by Crippen LogP contribution is -1.99. The third kappa shape index (κ3) is 4.39. The molecule has 0 radical (unpaired) electrons. The molecule has 1 heterocycles. The fraction of sp³-hybridized carbons (Fsp3) is 0.636. The molecule has 0 N–H and O–H groups in total. The Kier molecular flexibility index (Phi) is 5.40. The molecule has 0 spiro atoms. The van der Waals surface area contributed by atoms with Crippen LogP contribution in [-0.4, -0.2) is 15.2 Å². The normalized spacial score (nSPS) is 12.8. The van der Waals surface area contributed by atoms with Crippen LogP contribution in [0.1, 0.15) is 39.4 Å². The zero-order chi connectivity index (χ0) is 11.3. The van der Waals surface area contributed by atoms with Gasteiger partial charge >= 0.3 is 0 Å². The first kappa shape index (κ1) is 12.8. The van der Waals surface area contributed by atoms with Gasteiger partial charge in [0.15, 0.2) is 0 Å². The highest BCUT2D eigenvalue weighted by Gasteiger charge is 2.06. The summed E-state index contributed by atoms with van der Waals surface area (Å²) in [7, 11) is 0. The van der Waals surface area contributed by atoms with E-state index in [0.717, 1.165) is 30.1 Å². The lowest BCUT2D eigenvalue weighted by Gasteiger charge is -2.08. The van der Waals surface area contributed by atoms with Crippen molar-refractivity contribution in [3.8, 4) is 0 Å². The number of halogens is 1. The Hall–Kier alpha value is -0.280. The van der Waals surface area contributed by atoms with Crippen molar-refractivity contribution < 1.29 is 0 Å². The molecule has 0 aliphatic heterocycles. The van der Waals surface area contributed by atoms with Gasteiger partial charge in [0, 0.05) is 17.7 Å². The number of thioether (sulfide) groups is 1. The van der Waals surface area contributed by atoms with E-state index in [2.05, 4.69) is 30.7 Å². The first-order valence-electron chi connectivity index (χ1n) is 5.35. The molecule has 1 aromatic heterocycles. The predicted octanol–water partition coefficient (Wildman–Crippen LogP) is 3.97. The Balaban J connectivity index is 2.78. The topological polar surface area (TPSA) is 25.8 Å². The molecule has 1 unspecified atom stereocenters. The van der Waals surface area contributed by atoms with E-state index in [1.54, 1.807) is 11.8 Å². The molecule has 0 aliphatic carbocycles. The van der Waals surface area contributed by atoms with E-state index in [-0.39, 0.29) is 0 Å². The van der Waals surface area contributed by atoms with Crippen LogP contribution in [0.25, 0.3) is 0 Å². The van der Waals surface area contributed by atoms with Gasteiger partial charge in [-0.3, -0.25) is 0 Å². The summed E-state index contributed by atoms with van der Waals surface area (Å²) < 4.78 is 0. The SMILES string of the molecule is CCCc1nc(Cl)cc(SC(C)CC)n1. The second kappa shape index (κ2) is 6.33. The average Bonchev–Trinajstić information content (AvgIpc) is 2.17. The molecule has 0 aliphatic rings. The van der Waals surface area contributed by atoms with Crippen molar-refractivity contribution in [2.45, 2.75) is 50.3 Å². The summed E-state index contributed by atoms with van der Waals surface area (Å²) in [5.74, 6) is 0.857. The minimum absolute atomic E-state index is 0.555. The van der Waals surface area contributed by atoms with Crippen LogP contribution >= 0.6 is 23.4 Å². The van der Waals surface area contributed by atoms with E-state index in [0.29, 0.717) is 10.4 Å². The summed E-state index contributed by atoms with van der Waals surface area (Å²) in [5, 5.41) is 2.12. The number of aromatic nitrogens is 2. The fourth-order valence-electron chi connectivity index (χ4n) is 1.13. The highest BCUT2D eigenvalue weighted by atomic mass is 35.5. The third-order valence-corrected chi connectivity index (χ3v) is 3.47. The Bertz CT molecular complexity index is 317. The second-order valence-electron chi connectivity index (χ2n) is 3.53. The summed E-state index contributed by atoms with van der Waals surface area (Å²) in [6, 6.07) is 1.84. The first-order chi connectivity index (χ1) is 7.15. The molecule has 0 bridgehead atoms. The molecule has 15 heavy (non-hydrogen) atoms. The standard InChI is InChI=1S/C11H17ClN2S/c1-4-6-10-13-9(12)7-11(14-10)15-8(3)5-2/h7-8H,4-6H2,1-3H3. The molecule has 4 heteroatoms. The minimum atomic E-state index is 0.555. The largest absolute Gasteiger partial charge is 0.226 e. The minimum Gasteiger partial charge on any atom is -0.226 e. The smallest absolute Gasteiger partial charge is 0.133 e. The van der Waals surface area contributed by atoms with Gasteiger partial charge in [-0.05, 0) is 12.8 Å². The van der Waals surface area contributed by atoms with Crippen molar-refractivity contribution in [3.05, 3.63) is 17.0 Å². The quantitative estimate of drug-likeness (QED) is 0.579. The Morgan fingerprint density at radius 1 is 1.40 bits per heavy atom.